The van der Waals surface area contributed by atoms with E-state index in [0.717, 1.165) is 89.1 Å². The number of methoxy groups -OCH3 is 1. The van der Waals surface area contributed by atoms with E-state index in [4.69, 9.17) is 9.72 Å². The lowest BCUT2D eigenvalue weighted by molar-refractivity contribution is 0.102. The molecule has 44 heavy (non-hydrogen) atoms. The van der Waals surface area contributed by atoms with E-state index in [-0.39, 0.29) is 11.5 Å². The zero-order valence-electron chi connectivity index (χ0n) is 26.3. The number of Topliss-reactive ketones (excluding diaryl/α,β-unsaturated/α-hetero) is 1. The molecule has 4 aromatic rings. The van der Waals surface area contributed by atoms with Crippen LogP contribution in [0.1, 0.15) is 79.0 Å². The SMILES string of the molecule is C/C=C(/CCCCC1CCCNCC1)C(=O)c1ccc(CCc2nccc3cc(-c4ccc(OC)c(F)c4)cnc23)cc1C. The van der Waals surface area contributed by atoms with Crippen molar-refractivity contribution in [1.29, 1.82) is 0 Å². The summed E-state index contributed by atoms with van der Waals surface area (Å²) in [7, 11) is 1.46. The lowest BCUT2D eigenvalue weighted by atomic mass is 9.91. The number of allylic oxidation sites excluding steroid dienone is 2. The predicted octanol–water partition coefficient (Wildman–Crippen LogP) is 8.62. The minimum Gasteiger partial charge on any atom is -0.494 e. The van der Waals surface area contributed by atoms with E-state index in [1.807, 2.05) is 44.2 Å². The summed E-state index contributed by atoms with van der Waals surface area (Å²) in [5.74, 6) is 0.802. The van der Waals surface area contributed by atoms with Gasteiger partial charge in [-0.25, -0.2) is 4.39 Å². The van der Waals surface area contributed by atoms with Crippen LogP contribution >= 0.6 is 0 Å². The maximum Gasteiger partial charge on any atom is 0.188 e. The van der Waals surface area contributed by atoms with Gasteiger partial charge in [-0.05, 0) is 124 Å². The molecule has 3 heterocycles. The highest BCUT2D eigenvalue weighted by Gasteiger charge is 2.16. The van der Waals surface area contributed by atoms with Crippen LogP contribution in [0.5, 0.6) is 5.75 Å². The number of rotatable bonds is 12. The second-order valence-electron chi connectivity index (χ2n) is 12.0. The number of nitrogens with one attached hydrogen (secondary N) is 1. The van der Waals surface area contributed by atoms with Crippen LogP contribution in [-0.4, -0.2) is 36.0 Å². The quantitative estimate of drug-likeness (QED) is 0.101. The Morgan fingerprint density at radius 1 is 1.02 bits per heavy atom. The van der Waals surface area contributed by atoms with Crippen LogP contribution in [0.15, 0.2) is 72.6 Å². The summed E-state index contributed by atoms with van der Waals surface area (Å²) in [4.78, 5) is 22.8. The molecular weight excluding hydrogens is 549 g/mol. The molecule has 1 aliphatic rings. The number of nitrogens with zero attached hydrogens (tertiary/aromatic N) is 2. The third kappa shape index (κ3) is 7.78. The minimum absolute atomic E-state index is 0.155. The number of hydrogen-bond acceptors (Lipinski definition) is 5. The minimum atomic E-state index is -0.399. The fraction of sp³-hybridized carbons (Fsp3) is 0.395. The molecule has 5 nitrogen and oxygen atoms in total. The van der Waals surface area contributed by atoms with Crippen molar-refractivity contribution >= 4 is 16.7 Å². The molecular formula is C38H44FN3O2. The van der Waals surface area contributed by atoms with E-state index >= 15 is 0 Å². The van der Waals surface area contributed by atoms with Crippen LogP contribution in [0.2, 0.25) is 0 Å². The number of unbranched alkanes of at least 4 members (excludes halogenated alkanes) is 1. The van der Waals surface area contributed by atoms with Gasteiger partial charge < -0.3 is 10.1 Å². The Bertz CT molecular complexity index is 1620. The third-order valence-corrected chi connectivity index (χ3v) is 8.99. The van der Waals surface area contributed by atoms with Gasteiger partial charge in [0, 0.05) is 28.9 Å². The number of fused-ring (bicyclic) bond motifs is 1. The van der Waals surface area contributed by atoms with E-state index < -0.39 is 5.82 Å². The summed E-state index contributed by atoms with van der Waals surface area (Å²) in [5.41, 5.74) is 7.25. The summed E-state index contributed by atoms with van der Waals surface area (Å²) >= 11 is 0. The number of carbonyl (C=O) groups is 1. The van der Waals surface area contributed by atoms with Gasteiger partial charge in [0.2, 0.25) is 0 Å². The van der Waals surface area contributed by atoms with Gasteiger partial charge in [0.1, 0.15) is 0 Å². The molecule has 1 fully saturated rings. The molecule has 1 unspecified atom stereocenters. The molecule has 0 amide bonds. The number of aryl methyl sites for hydroxylation is 3. The summed E-state index contributed by atoms with van der Waals surface area (Å²) < 4.78 is 19.3. The normalized spacial score (nSPS) is 15.7. The number of ether oxygens (including phenoxy) is 1. The van der Waals surface area contributed by atoms with Crippen molar-refractivity contribution in [2.24, 2.45) is 5.92 Å². The summed E-state index contributed by atoms with van der Waals surface area (Å²) in [6, 6.07) is 15.1. The topological polar surface area (TPSA) is 64.1 Å². The van der Waals surface area contributed by atoms with Gasteiger partial charge in [0.25, 0.3) is 0 Å². The first-order valence-corrected chi connectivity index (χ1v) is 16.0. The molecule has 1 atom stereocenters. The highest BCUT2D eigenvalue weighted by molar-refractivity contribution is 6.09. The lowest BCUT2D eigenvalue weighted by Crippen LogP contribution is -2.14. The largest absolute Gasteiger partial charge is 0.494 e. The van der Waals surface area contributed by atoms with Crippen LogP contribution in [0, 0.1) is 18.7 Å². The lowest BCUT2D eigenvalue weighted by Gasteiger charge is -2.14. The van der Waals surface area contributed by atoms with E-state index in [1.54, 1.807) is 18.5 Å². The number of halogens is 1. The van der Waals surface area contributed by atoms with E-state index in [2.05, 4.69) is 22.4 Å². The van der Waals surface area contributed by atoms with Gasteiger partial charge in [0.15, 0.2) is 17.3 Å². The fourth-order valence-corrected chi connectivity index (χ4v) is 6.39. The average molecular weight is 594 g/mol. The first-order chi connectivity index (χ1) is 21.5. The Kier molecular flexibility index (Phi) is 10.9. The monoisotopic (exact) mass is 593 g/mol. The number of benzene rings is 2. The van der Waals surface area contributed by atoms with E-state index in [0.29, 0.717) is 0 Å². The molecule has 1 saturated heterocycles. The van der Waals surface area contributed by atoms with E-state index in [9.17, 15) is 9.18 Å². The molecule has 0 aliphatic carbocycles. The van der Waals surface area contributed by atoms with Crippen LogP contribution in [-0.2, 0) is 12.8 Å². The standard InChI is InChI=1S/C38H44FN3O2/c1-4-29(10-6-5-8-27-9-7-19-40-20-17-27)38(43)33-14-11-28(22-26(33)2)12-15-35-37-31(18-21-41-35)23-32(25-42-37)30-13-16-36(44-3)34(39)24-30/h4,11,13-14,16,18,21-25,27,40H,5-10,12,15,17,19-20H2,1-3H3/b29-4-. The molecule has 0 spiro atoms. The maximum absolute atomic E-state index is 14.3. The number of carbonyl (C=O) groups excluding carboxylic acids is 1. The summed E-state index contributed by atoms with van der Waals surface area (Å²) in [6.07, 6.45) is 15.3. The van der Waals surface area contributed by atoms with Crippen molar-refractivity contribution in [3.8, 4) is 16.9 Å². The summed E-state index contributed by atoms with van der Waals surface area (Å²) in [5, 5.41) is 4.46. The zero-order valence-corrected chi connectivity index (χ0v) is 26.3. The molecule has 2 aromatic heterocycles. The van der Waals surface area contributed by atoms with Gasteiger partial charge in [-0.3, -0.25) is 14.8 Å². The van der Waals surface area contributed by atoms with Crippen LogP contribution < -0.4 is 10.1 Å². The van der Waals surface area contributed by atoms with Gasteiger partial charge in [-0.15, -0.1) is 0 Å². The molecule has 1 aliphatic heterocycles. The van der Waals surface area contributed by atoms with Crippen LogP contribution in [0.3, 0.4) is 0 Å². The van der Waals surface area contributed by atoms with Crippen LogP contribution in [0.4, 0.5) is 4.39 Å². The molecule has 5 rings (SSSR count). The molecule has 6 heteroatoms. The van der Waals surface area contributed by atoms with Crippen molar-refractivity contribution in [2.45, 2.75) is 71.6 Å². The second kappa shape index (κ2) is 15.2. The molecule has 0 saturated carbocycles. The Hall–Kier alpha value is -3.90. The molecule has 0 radical (unpaired) electrons. The zero-order chi connectivity index (χ0) is 30.9. The van der Waals surface area contributed by atoms with Gasteiger partial charge in [0.05, 0.1) is 18.3 Å². The third-order valence-electron chi connectivity index (χ3n) is 8.99. The van der Waals surface area contributed by atoms with Crippen molar-refractivity contribution in [3.05, 3.63) is 101 Å². The molecule has 0 bridgehead atoms. The number of aromatic nitrogens is 2. The molecule has 230 valence electrons. The Balaban J connectivity index is 1.20. The van der Waals surface area contributed by atoms with Crippen molar-refractivity contribution in [1.82, 2.24) is 15.3 Å². The number of pyridine rings is 2. The first kappa shape index (κ1) is 31.5. The van der Waals surface area contributed by atoms with E-state index in [1.165, 1.54) is 50.8 Å². The molecule has 2 aromatic carbocycles. The Morgan fingerprint density at radius 3 is 2.70 bits per heavy atom. The Labute approximate surface area is 261 Å². The molecule has 1 N–H and O–H groups in total. The number of hydrogen-bond donors (Lipinski definition) is 1. The Morgan fingerprint density at radius 2 is 1.91 bits per heavy atom. The van der Waals surface area contributed by atoms with Crippen molar-refractivity contribution in [2.75, 3.05) is 20.2 Å². The highest BCUT2D eigenvalue weighted by atomic mass is 19.1. The van der Waals surface area contributed by atoms with Gasteiger partial charge in [-0.1, -0.05) is 43.2 Å². The van der Waals surface area contributed by atoms with Crippen molar-refractivity contribution < 1.29 is 13.9 Å². The van der Waals surface area contributed by atoms with Crippen LogP contribution in [0.25, 0.3) is 22.0 Å². The predicted molar refractivity (Wildman–Crippen MR) is 177 cm³/mol. The first-order valence-electron chi connectivity index (χ1n) is 16.0. The fourth-order valence-electron chi connectivity index (χ4n) is 6.39. The second-order valence-corrected chi connectivity index (χ2v) is 12.0. The van der Waals surface area contributed by atoms with Crippen molar-refractivity contribution in [3.63, 3.8) is 0 Å². The van der Waals surface area contributed by atoms with Gasteiger partial charge >= 0.3 is 0 Å². The highest BCUT2D eigenvalue weighted by Crippen LogP contribution is 2.28. The number of ketones is 1. The van der Waals surface area contributed by atoms with Gasteiger partial charge in [-0.2, -0.15) is 0 Å². The smallest absolute Gasteiger partial charge is 0.188 e. The maximum atomic E-state index is 14.3. The summed E-state index contributed by atoms with van der Waals surface area (Å²) in [6.45, 7) is 6.31. The average Bonchev–Trinajstić information content (AvgIpc) is 3.32.